The van der Waals surface area contributed by atoms with E-state index in [4.69, 9.17) is 0 Å². The average molecular weight is 444 g/mol. The number of para-hydroxylation sites is 2. The van der Waals surface area contributed by atoms with Crippen molar-refractivity contribution in [2.24, 2.45) is 7.05 Å². The van der Waals surface area contributed by atoms with E-state index in [9.17, 15) is 0 Å². The second-order valence-electron chi connectivity index (χ2n) is 8.13. The van der Waals surface area contributed by atoms with Crippen LogP contribution in [0, 0.1) is 0 Å². The second kappa shape index (κ2) is 8.52. The SMILES string of the molecule is CC1=C(/C=C/c2sc3ccccc3[n+]2C)CCCC1=C/C=C1\Sc2ccccc2N1C. The fourth-order valence-corrected chi connectivity index (χ4v) is 6.45. The number of thioether (sulfide) groups is 1. The molecule has 0 saturated carbocycles. The number of rotatable bonds is 3. The Bertz CT molecular complexity index is 1270. The molecule has 2 nitrogen and oxygen atoms in total. The molecule has 3 aromatic rings. The molecule has 0 atom stereocenters. The van der Waals surface area contributed by atoms with Crippen LogP contribution >= 0.6 is 23.1 Å². The molecule has 0 N–H and O–H groups in total. The fraction of sp³-hybridized carbons (Fsp3) is 0.222. The van der Waals surface area contributed by atoms with Crippen molar-refractivity contribution < 1.29 is 4.57 Å². The molecule has 2 aromatic carbocycles. The molecule has 0 amide bonds. The van der Waals surface area contributed by atoms with Gasteiger partial charge < -0.3 is 4.90 Å². The predicted octanol–water partition coefficient (Wildman–Crippen LogP) is 7.25. The van der Waals surface area contributed by atoms with Crippen LogP contribution in [-0.4, -0.2) is 7.05 Å². The van der Waals surface area contributed by atoms with Crippen LogP contribution in [0.1, 0.15) is 31.2 Å². The van der Waals surface area contributed by atoms with Crippen molar-refractivity contribution in [1.82, 2.24) is 0 Å². The Balaban J connectivity index is 1.40. The van der Waals surface area contributed by atoms with Gasteiger partial charge >= 0.3 is 0 Å². The minimum atomic E-state index is 1.16. The highest BCUT2D eigenvalue weighted by Gasteiger charge is 2.21. The van der Waals surface area contributed by atoms with Crippen LogP contribution in [0.2, 0.25) is 0 Å². The number of aromatic nitrogens is 1. The highest BCUT2D eigenvalue weighted by Crippen LogP contribution is 2.44. The maximum absolute atomic E-state index is 2.34. The molecule has 156 valence electrons. The Morgan fingerprint density at radius 1 is 0.968 bits per heavy atom. The van der Waals surface area contributed by atoms with E-state index in [2.05, 4.69) is 103 Å². The molecule has 0 unspecified atom stereocenters. The van der Waals surface area contributed by atoms with Gasteiger partial charge in [0.1, 0.15) is 11.7 Å². The van der Waals surface area contributed by atoms with Gasteiger partial charge in [0.2, 0.25) is 5.52 Å². The number of benzene rings is 2. The van der Waals surface area contributed by atoms with Crippen LogP contribution in [0.15, 0.2) is 93.4 Å². The predicted molar refractivity (Wildman–Crippen MR) is 135 cm³/mol. The van der Waals surface area contributed by atoms with Crippen molar-refractivity contribution in [2.45, 2.75) is 31.1 Å². The number of anilines is 1. The first-order chi connectivity index (χ1) is 15.1. The molecule has 1 aliphatic carbocycles. The van der Waals surface area contributed by atoms with E-state index in [-0.39, 0.29) is 0 Å². The normalized spacial score (nSPS) is 19.4. The molecule has 4 heteroatoms. The van der Waals surface area contributed by atoms with Crippen molar-refractivity contribution in [3.05, 3.63) is 93.5 Å². The monoisotopic (exact) mass is 443 g/mol. The lowest BCUT2D eigenvalue weighted by Gasteiger charge is -2.19. The van der Waals surface area contributed by atoms with Gasteiger partial charge in [0.15, 0.2) is 0 Å². The molecule has 0 bridgehead atoms. The molecule has 2 heterocycles. The van der Waals surface area contributed by atoms with Crippen LogP contribution in [0.25, 0.3) is 16.3 Å². The van der Waals surface area contributed by atoms with Crippen LogP contribution in [0.3, 0.4) is 0 Å². The largest absolute Gasteiger partial charge is 0.338 e. The van der Waals surface area contributed by atoms with E-state index < -0.39 is 0 Å². The van der Waals surface area contributed by atoms with Gasteiger partial charge in [-0.3, -0.25) is 0 Å². The lowest BCUT2D eigenvalue weighted by molar-refractivity contribution is -0.642. The van der Waals surface area contributed by atoms with Crippen molar-refractivity contribution in [1.29, 1.82) is 0 Å². The first-order valence-electron chi connectivity index (χ1n) is 10.8. The van der Waals surface area contributed by atoms with Crippen molar-refractivity contribution >= 4 is 45.1 Å². The molecule has 0 spiro atoms. The zero-order valence-electron chi connectivity index (χ0n) is 18.3. The number of hydrogen-bond acceptors (Lipinski definition) is 3. The maximum atomic E-state index is 2.34. The molecule has 0 radical (unpaired) electrons. The molecule has 1 aromatic heterocycles. The van der Waals surface area contributed by atoms with E-state index in [1.807, 2.05) is 23.1 Å². The minimum absolute atomic E-state index is 1.16. The molecular weight excluding hydrogens is 416 g/mol. The van der Waals surface area contributed by atoms with E-state index in [1.54, 1.807) is 0 Å². The summed E-state index contributed by atoms with van der Waals surface area (Å²) < 4.78 is 3.63. The third-order valence-corrected chi connectivity index (χ3v) is 8.62. The number of fused-ring (bicyclic) bond motifs is 2. The quantitative estimate of drug-likeness (QED) is 0.394. The van der Waals surface area contributed by atoms with Crippen molar-refractivity contribution in [2.75, 3.05) is 11.9 Å². The van der Waals surface area contributed by atoms with Crippen LogP contribution in [0.4, 0.5) is 5.69 Å². The summed E-state index contributed by atoms with van der Waals surface area (Å²) in [6, 6.07) is 17.2. The van der Waals surface area contributed by atoms with Gasteiger partial charge in [-0.15, -0.1) is 0 Å². The summed E-state index contributed by atoms with van der Waals surface area (Å²) in [6.45, 7) is 2.29. The van der Waals surface area contributed by atoms with Crippen molar-refractivity contribution in [3.8, 4) is 0 Å². The second-order valence-corrected chi connectivity index (χ2v) is 10.3. The maximum Gasteiger partial charge on any atom is 0.262 e. The summed E-state index contributed by atoms with van der Waals surface area (Å²) >= 11 is 3.71. The fourth-order valence-electron chi connectivity index (χ4n) is 4.34. The highest BCUT2D eigenvalue weighted by atomic mass is 32.2. The molecule has 2 aliphatic rings. The summed E-state index contributed by atoms with van der Waals surface area (Å²) in [5.74, 6) is 0. The number of aryl methyl sites for hydroxylation is 1. The number of nitrogens with zero attached hydrogens (tertiary/aromatic N) is 2. The Labute approximate surface area is 192 Å². The Kier molecular flexibility index (Phi) is 5.59. The third kappa shape index (κ3) is 3.90. The van der Waals surface area contributed by atoms with Gasteiger partial charge in [0.05, 0.1) is 10.7 Å². The molecule has 1 aliphatic heterocycles. The van der Waals surface area contributed by atoms with Crippen LogP contribution in [0.5, 0.6) is 0 Å². The zero-order valence-corrected chi connectivity index (χ0v) is 19.9. The van der Waals surface area contributed by atoms with Crippen LogP contribution in [-0.2, 0) is 7.05 Å². The minimum Gasteiger partial charge on any atom is -0.338 e. The first-order valence-corrected chi connectivity index (χ1v) is 12.4. The number of allylic oxidation sites excluding steroid dienone is 6. The van der Waals surface area contributed by atoms with E-state index in [0.29, 0.717) is 0 Å². The van der Waals surface area contributed by atoms with E-state index in [0.717, 1.165) is 12.8 Å². The van der Waals surface area contributed by atoms with Gasteiger partial charge in [0, 0.05) is 24.1 Å². The molecule has 0 saturated heterocycles. The summed E-state index contributed by atoms with van der Waals surface area (Å²) in [5, 5.41) is 2.59. The standard InChI is InChI=1S/C27H27N2S2/c1-19-20(15-17-26-28(2)22-11-4-6-13-24(22)30-26)9-8-10-21(19)16-18-27-29(3)23-12-5-7-14-25(23)31-27/h4-7,11-18H,8-10H2,1-3H3/q+1. The smallest absolute Gasteiger partial charge is 0.262 e. The Morgan fingerprint density at radius 3 is 2.61 bits per heavy atom. The first kappa shape index (κ1) is 20.3. The van der Waals surface area contributed by atoms with Gasteiger partial charge in [-0.2, -0.15) is 4.57 Å². The lowest BCUT2D eigenvalue weighted by Crippen LogP contribution is -2.28. The molecular formula is C27H27N2S2+. The summed E-state index contributed by atoms with van der Waals surface area (Å²) in [7, 11) is 4.32. The van der Waals surface area contributed by atoms with E-state index >= 15 is 0 Å². The number of thiazole rings is 1. The average Bonchev–Trinajstić information content (AvgIpc) is 3.29. The summed E-state index contributed by atoms with van der Waals surface area (Å²) in [5.41, 5.74) is 6.96. The third-order valence-electron chi connectivity index (χ3n) is 6.25. The summed E-state index contributed by atoms with van der Waals surface area (Å²) in [6.07, 6.45) is 12.8. The topological polar surface area (TPSA) is 7.12 Å². The highest BCUT2D eigenvalue weighted by molar-refractivity contribution is 8.03. The Hall–Kier alpha value is -2.56. The van der Waals surface area contributed by atoms with Crippen LogP contribution < -0.4 is 9.47 Å². The van der Waals surface area contributed by atoms with Crippen molar-refractivity contribution in [3.63, 3.8) is 0 Å². The van der Waals surface area contributed by atoms with E-state index in [1.165, 1.54) is 54.0 Å². The van der Waals surface area contributed by atoms with Gasteiger partial charge in [0.25, 0.3) is 5.01 Å². The molecule has 5 rings (SSSR count). The Morgan fingerprint density at radius 2 is 1.77 bits per heavy atom. The van der Waals surface area contributed by atoms with Gasteiger partial charge in [-0.1, -0.05) is 59.5 Å². The lowest BCUT2D eigenvalue weighted by atomic mass is 9.88. The summed E-state index contributed by atoms with van der Waals surface area (Å²) in [4.78, 5) is 3.63. The van der Waals surface area contributed by atoms with Gasteiger partial charge in [-0.25, -0.2) is 0 Å². The molecule has 0 fully saturated rings. The van der Waals surface area contributed by atoms with Gasteiger partial charge in [-0.05, 0) is 67.2 Å². The number of hydrogen-bond donors (Lipinski definition) is 0. The molecule has 31 heavy (non-hydrogen) atoms. The zero-order chi connectivity index (χ0) is 21.4.